The van der Waals surface area contributed by atoms with Gasteiger partial charge < -0.3 is 25.6 Å². The molecule has 22 heavy (non-hydrogen) atoms. The first-order chi connectivity index (χ1) is 10.5. The Hall–Kier alpha value is -1.70. The van der Waals surface area contributed by atoms with E-state index >= 15 is 0 Å². The van der Waals surface area contributed by atoms with E-state index in [1.807, 2.05) is 0 Å². The highest BCUT2D eigenvalue weighted by molar-refractivity contribution is 5.89. The summed E-state index contributed by atoms with van der Waals surface area (Å²) in [5.74, 6) is -0.884. The normalized spacial score (nSPS) is 23.2. The van der Waals surface area contributed by atoms with E-state index in [1.165, 1.54) is 25.3 Å². The van der Waals surface area contributed by atoms with Crippen molar-refractivity contribution in [2.45, 2.75) is 43.6 Å². The standard InChI is InChI=1S/C15H24N2O5/c1-3-4-8-11(18)12(19)13(22-2)15(21)17-10-7-5-6-9-16-14(10)20/h3-4,8,10-13,18-19H,1,5-7,9H2,2H3,(H,16,20)(H,17,21)/b8-4+/t10-,11-,12+,13+/m0/s1. The van der Waals surface area contributed by atoms with Crippen molar-refractivity contribution in [1.82, 2.24) is 10.6 Å². The number of hydrogen-bond acceptors (Lipinski definition) is 5. The third-order valence-corrected chi connectivity index (χ3v) is 3.47. The molecule has 7 heteroatoms. The zero-order chi connectivity index (χ0) is 16.5. The molecule has 0 aliphatic carbocycles. The minimum absolute atomic E-state index is 0.248. The molecule has 0 aromatic heterocycles. The van der Waals surface area contributed by atoms with Crippen LogP contribution >= 0.6 is 0 Å². The highest BCUT2D eigenvalue weighted by Crippen LogP contribution is 2.09. The number of methoxy groups -OCH3 is 1. The lowest BCUT2D eigenvalue weighted by Gasteiger charge is -2.25. The lowest BCUT2D eigenvalue weighted by Crippen LogP contribution is -2.53. The van der Waals surface area contributed by atoms with E-state index < -0.39 is 30.3 Å². The molecule has 0 aromatic carbocycles. The molecule has 0 radical (unpaired) electrons. The van der Waals surface area contributed by atoms with Gasteiger partial charge in [0, 0.05) is 13.7 Å². The van der Waals surface area contributed by atoms with Crippen LogP contribution in [0, 0.1) is 0 Å². The summed E-state index contributed by atoms with van der Waals surface area (Å²) in [4.78, 5) is 24.0. The number of ether oxygens (including phenoxy) is 1. The third kappa shape index (κ3) is 5.25. The lowest BCUT2D eigenvalue weighted by molar-refractivity contribution is -0.144. The molecule has 7 nitrogen and oxygen atoms in total. The van der Waals surface area contributed by atoms with Crippen LogP contribution in [0.5, 0.6) is 0 Å². The fraction of sp³-hybridized carbons (Fsp3) is 0.600. The SMILES string of the molecule is C=C/C=C/[C@H](O)[C@@H](O)[C@@H](OC)C(=O)N[C@H]1CCCCNC1=O. The monoisotopic (exact) mass is 312 g/mol. The van der Waals surface area contributed by atoms with Gasteiger partial charge in [0.2, 0.25) is 5.91 Å². The molecule has 4 atom stereocenters. The molecule has 0 aromatic rings. The number of rotatable bonds is 7. The molecule has 0 saturated carbocycles. The van der Waals surface area contributed by atoms with E-state index in [9.17, 15) is 19.8 Å². The lowest BCUT2D eigenvalue weighted by atomic mass is 10.1. The van der Waals surface area contributed by atoms with Crippen LogP contribution in [0.3, 0.4) is 0 Å². The van der Waals surface area contributed by atoms with Crippen molar-refractivity contribution < 1.29 is 24.5 Å². The Bertz CT molecular complexity index is 424. The Kier molecular flexibility index (Phi) is 7.79. The second kappa shape index (κ2) is 9.34. The Labute approximate surface area is 130 Å². The van der Waals surface area contributed by atoms with Gasteiger partial charge in [-0.1, -0.05) is 24.8 Å². The van der Waals surface area contributed by atoms with E-state index in [-0.39, 0.29) is 5.91 Å². The van der Waals surface area contributed by atoms with E-state index in [0.29, 0.717) is 13.0 Å². The van der Waals surface area contributed by atoms with Crippen LogP contribution < -0.4 is 10.6 Å². The molecule has 1 heterocycles. The summed E-state index contributed by atoms with van der Waals surface area (Å²) >= 11 is 0. The summed E-state index contributed by atoms with van der Waals surface area (Å²) in [5.41, 5.74) is 0. The largest absolute Gasteiger partial charge is 0.387 e. The molecule has 1 aliphatic heterocycles. The maximum absolute atomic E-state index is 12.2. The zero-order valence-electron chi connectivity index (χ0n) is 12.7. The van der Waals surface area contributed by atoms with Gasteiger partial charge in [-0.25, -0.2) is 0 Å². The second-order valence-corrected chi connectivity index (χ2v) is 5.11. The van der Waals surface area contributed by atoms with Crippen molar-refractivity contribution in [2.75, 3.05) is 13.7 Å². The quantitative estimate of drug-likeness (QED) is 0.463. The molecule has 1 fully saturated rings. The Balaban J connectivity index is 2.68. The van der Waals surface area contributed by atoms with Crippen LogP contribution in [0.15, 0.2) is 24.8 Å². The Morgan fingerprint density at radius 3 is 2.86 bits per heavy atom. The molecule has 1 saturated heterocycles. The highest BCUT2D eigenvalue weighted by Gasteiger charge is 2.33. The number of aliphatic hydroxyl groups excluding tert-OH is 2. The molecule has 0 bridgehead atoms. The summed E-state index contributed by atoms with van der Waals surface area (Å²) < 4.78 is 4.97. The van der Waals surface area contributed by atoms with Crippen molar-refractivity contribution in [3.8, 4) is 0 Å². The van der Waals surface area contributed by atoms with Crippen LogP contribution in [0.25, 0.3) is 0 Å². The molecular weight excluding hydrogens is 288 g/mol. The fourth-order valence-electron chi connectivity index (χ4n) is 2.22. The number of carbonyl (C=O) groups is 2. The molecule has 4 N–H and O–H groups in total. The molecule has 0 unspecified atom stereocenters. The zero-order valence-corrected chi connectivity index (χ0v) is 12.7. The average Bonchev–Trinajstić information content (AvgIpc) is 2.70. The van der Waals surface area contributed by atoms with Gasteiger partial charge in [0.25, 0.3) is 5.91 Å². The van der Waals surface area contributed by atoms with Gasteiger partial charge >= 0.3 is 0 Å². The van der Waals surface area contributed by atoms with Crippen LogP contribution in [0.1, 0.15) is 19.3 Å². The van der Waals surface area contributed by atoms with Crippen molar-refractivity contribution in [3.05, 3.63) is 24.8 Å². The highest BCUT2D eigenvalue weighted by atomic mass is 16.5. The number of aliphatic hydroxyl groups is 2. The van der Waals surface area contributed by atoms with Gasteiger partial charge in [-0.05, 0) is 19.3 Å². The molecule has 1 rings (SSSR count). The minimum Gasteiger partial charge on any atom is -0.387 e. The maximum Gasteiger partial charge on any atom is 0.252 e. The number of amides is 2. The summed E-state index contributed by atoms with van der Waals surface area (Å²) in [7, 11) is 1.25. The fourth-order valence-corrected chi connectivity index (χ4v) is 2.22. The molecule has 0 spiro atoms. The van der Waals surface area contributed by atoms with E-state index in [2.05, 4.69) is 17.2 Å². The van der Waals surface area contributed by atoms with Crippen molar-refractivity contribution in [2.24, 2.45) is 0 Å². The molecule has 1 aliphatic rings. The number of nitrogens with one attached hydrogen (secondary N) is 2. The van der Waals surface area contributed by atoms with Gasteiger partial charge in [-0.15, -0.1) is 0 Å². The first kappa shape index (κ1) is 18.3. The molecule has 2 amide bonds. The average molecular weight is 312 g/mol. The van der Waals surface area contributed by atoms with Crippen LogP contribution in [0.4, 0.5) is 0 Å². The van der Waals surface area contributed by atoms with Gasteiger partial charge in [-0.2, -0.15) is 0 Å². The summed E-state index contributed by atoms with van der Waals surface area (Å²) in [5, 5.41) is 25.1. The third-order valence-electron chi connectivity index (χ3n) is 3.47. The van der Waals surface area contributed by atoms with Crippen molar-refractivity contribution in [1.29, 1.82) is 0 Å². The summed E-state index contributed by atoms with van der Waals surface area (Å²) in [6, 6.07) is -0.652. The summed E-state index contributed by atoms with van der Waals surface area (Å²) in [6.45, 7) is 4.04. The Morgan fingerprint density at radius 2 is 2.23 bits per heavy atom. The minimum atomic E-state index is -1.45. The van der Waals surface area contributed by atoms with Gasteiger partial charge in [0.05, 0.1) is 0 Å². The first-order valence-electron chi connectivity index (χ1n) is 7.27. The molecule has 124 valence electrons. The number of allylic oxidation sites excluding steroid dienone is 2. The Morgan fingerprint density at radius 1 is 1.50 bits per heavy atom. The van der Waals surface area contributed by atoms with Crippen LogP contribution in [-0.2, 0) is 14.3 Å². The first-order valence-corrected chi connectivity index (χ1v) is 7.27. The van der Waals surface area contributed by atoms with E-state index in [0.717, 1.165) is 12.8 Å². The van der Waals surface area contributed by atoms with E-state index in [1.54, 1.807) is 0 Å². The van der Waals surface area contributed by atoms with Crippen LogP contribution in [0.2, 0.25) is 0 Å². The smallest absolute Gasteiger partial charge is 0.252 e. The predicted octanol–water partition coefficient (Wildman–Crippen LogP) is -0.750. The van der Waals surface area contributed by atoms with Gasteiger partial charge in [0.1, 0.15) is 18.2 Å². The molecular formula is C15H24N2O5. The van der Waals surface area contributed by atoms with Gasteiger partial charge in [-0.3, -0.25) is 9.59 Å². The second-order valence-electron chi connectivity index (χ2n) is 5.11. The summed E-state index contributed by atoms with van der Waals surface area (Å²) in [6.07, 6.45) is 2.39. The van der Waals surface area contributed by atoms with Crippen LogP contribution in [-0.4, -0.2) is 60.0 Å². The predicted molar refractivity (Wildman–Crippen MR) is 80.9 cm³/mol. The van der Waals surface area contributed by atoms with E-state index in [4.69, 9.17) is 4.74 Å². The van der Waals surface area contributed by atoms with Gasteiger partial charge in [0.15, 0.2) is 6.10 Å². The number of carbonyl (C=O) groups excluding carboxylic acids is 2. The number of hydrogen-bond donors (Lipinski definition) is 4. The van der Waals surface area contributed by atoms with Crippen molar-refractivity contribution in [3.63, 3.8) is 0 Å². The topological polar surface area (TPSA) is 108 Å². The van der Waals surface area contributed by atoms with Crippen molar-refractivity contribution >= 4 is 11.8 Å². The maximum atomic E-state index is 12.2.